The number of hydrogen-bond acceptors (Lipinski definition) is 2. The highest BCUT2D eigenvalue weighted by atomic mass is 15.2. The maximum absolute atomic E-state index is 3.37. The lowest BCUT2D eigenvalue weighted by atomic mass is 9.84. The Hall–Kier alpha value is -0.860. The number of nitrogens with zero attached hydrogens (tertiary/aromatic N) is 1. The predicted molar refractivity (Wildman–Crippen MR) is 77.7 cm³/mol. The molecule has 2 atom stereocenters. The first kappa shape index (κ1) is 13.6. The van der Waals surface area contributed by atoms with Crippen molar-refractivity contribution >= 4 is 0 Å². The van der Waals surface area contributed by atoms with Gasteiger partial charge in [-0.05, 0) is 58.3 Å². The van der Waals surface area contributed by atoms with Crippen LogP contribution in [-0.4, -0.2) is 31.1 Å². The summed E-state index contributed by atoms with van der Waals surface area (Å²) in [5.74, 6) is 0.730. The molecular formula is C16H26N2. The van der Waals surface area contributed by atoms with Gasteiger partial charge in [0.25, 0.3) is 0 Å². The largest absolute Gasteiger partial charge is 0.319 e. The second-order valence-corrected chi connectivity index (χ2v) is 5.65. The molecule has 1 aliphatic rings. The first-order valence-electron chi connectivity index (χ1n) is 7.19. The number of nitrogens with one attached hydrogen (secondary N) is 1. The molecule has 1 heterocycles. The Kier molecular flexibility index (Phi) is 4.79. The van der Waals surface area contributed by atoms with E-state index >= 15 is 0 Å². The zero-order chi connectivity index (χ0) is 13.0. The van der Waals surface area contributed by atoms with E-state index in [4.69, 9.17) is 0 Å². The molecule has 100 valence electrons. The normalized spacial score (nSPS) is 25.6. The smallest absolute Gasteiger partial charge is 0.0391 e. The maximum atomic E-state index is 3.37. The molecule has 1 aliphatic heterocycles. The summed E-state index contributed by atoms with van der Waals surface area (Å²) < 4.78 is 0. The van der Waals surface area contributed by atoms with E-state index in [-0.39, 0.29) is 0 Å². The molecule has 1 N–H and O–H groups in total. The molecule has 0 saturated carbocycles. The SMILES string of the molecule is CNCC1CCCN(C(C)C)C1c1ccccc1. The van der Waals surface area contributed by atoms with Crippen LogP contribution in [0.3, 0.4) is 0 Å². The summed E-state index contributed by atoms with van der Waals surface area (Å²) in [5, 5.41) is 3.37. The van der Waals surface area contributed by atoms with E-state index in [2.05, 4.69) is 61.4 Å². The van der Waals surface area contributed by atoms with Crippen molar-refractivity contribution in [2.45, 2.75) is 38.8 Å². The van der Waals surface area contributed by atoms with Gasteiger partial charge >= 0.3 is 0 Å². The van der Waals surface area contributed by atoms with Gasteiger partial charge in [-0.1, -0.05) is 30.3 Å². The molecule has 1 fully saturated rings. The van der Waals surface area contributed by atoms with Crippen molar-refractivity contribution in [2.75, 3.05) is 20.1 Å². The van der Waals surface area contributed by atoms with Gasteiger partial charge in [-0.2, -0.15) is 0 Å². The van der Waals surface area contributed by atoms with Crippen LogP contribution in [0.2, 0.25) is 0 Å². The number of hydrogen-bond donors (Lipinski definition) is 1. The molecule has 0 amide bonds. The third-order valence-corrected chi connectivity index (χ3v) is 4.07. The summed E-state index contributed by atoms with van der Waals surface area (Å²) in [6, 6.07) is 12.2. The zero-order valence-corrected chi connectivity index (χ0v) is 11.9. The van der Waals surface area contributed by atoms with Gasteiger partial charge in [0.1, 0.15) is 0 Å². The summed E-state index contributed by atoms with van der Waals surface area (Å²) >= 11 is 0. The lowest BCUT2D eigenvalue weighted by molar-refractivity contribution is 0.0636. The van der Waals surface area contributed by atoms with E-state index in [1.54, 1.807) is 0 Å². The second-order valence-electron chi connectivity index (χ2n) is 5.65. The first-order valence-corrected chi connectivity index (χ1v) is 7.19. The van der Waals surface area contributed by atoms with E-state index in [0.29, 0.717) is 12.1 Å². The van der Waals surface area contributed by atoms with E-state index in [0.717, 1.165) is 12.5 Å². The Labute approximate surface area is 111 Å². The number of piperidine rings is 1. The number of rotatable bonds is 4. The molecule has 18 heavy (non-hydrogen) atoms. The van der Waals surface area contributed by atoms with Crippen molar-refractivity contribution in [3.05, 3.63) is 35.9 Å². The van der Waals surface area contributed by atoms with Crippen LogP contribution in [0.15, 0.2) is 30.3 Å². The summed E-state index contributed by atoms with van der Waals surface area (Å²) in [7, 11) is 2.07. The molecule has 0 aliphatic carbocycles. The van der Waals surface area contributed by atoms with Gasteiger partial charge in [-0.25, -0.2) is 0 Å². The molecule has 0 bridgehead atoms. The van der Waals surface area contributed by atoms with Crippen molar-refractivity contribution in [1.29, 1.82) is 0 Å². The van der Waals surface area contributed by atoms with Crippen LogP contribution in [0.1, 0.15) is 38.3 Å². The van der Waals surface area contributed by atoms with Crippen LogP contribution in [0.4, 0.5) is 0 Å². The highest BCUT2D eigenvalue weighted by Gasteiger charge is 2.33. The minimum Gasteiger partial charge on any atom is -0.319 e. The van der Waals surface area contributed by atoms with Crippen molar-refractivity contribution in [1.82, 2.24) is 10.2 Å². The summed E-state index contributed by atoms with van der Waals surface area (Å²) in [6.07, 6.45) is 2.66. The van der Waals surface area contributed by atoms with Crippen LogP contribution in [-0.2, 0) is 0 Å². The molecule has 0 aromatic heterocycles. The predicted octanol–water partition coefficient (Wildman–Crippen LogP) is 3.07. The monoisotopic (exact) mass is 246 g/mol. The third-order valence-electron chi connectivity index (χ3n) is 4.07. The number of likely N-dealkylation sites (tertiary alicyclic amines) is 1. The standard InChI is InChI=1S/C16H26N2/c1-13(2)18-11-7-10-15(12-17-3)16(18)14-8-5-4-6-9-14/h4-6,8-9,13,15-17H,7,10-12H2,1-3H3. The fourth-order valence-corrected chi connectivity index (χ4v) is 3.27. The van der Waals surface area contributed by atoms with Crippen molar-refractivity contribution in [3.63, 3.8) is 0 Å². The van der Waals surface area contributed by atoms with E-state index in [9.17, 15) is 0 Å². The van der Waals surface area contributed by atoms with Crippen molar-refractivity contribution < 1.29 is 0 Å². The van der Waals surface area contributed by atoms with Gasteiger partial charge < -0.3 is 5.32 Å². The van der Waals surface area contributed by atoms with Crippen molar-refractivity contribution in [3.8, 4) is 0 Å². The average molecular weight is 246 g/mol. The molecule has 2 rings (SSSR count). The molecule has 2 unspecified atom stereocenters. The second kappa shape index (κ2) is 6.35. The number of benzene rings is 1. The van der Waals surface area contributed by atoms with E-state index in [1.807, 2.05) is 0 Å². The van der Waals surface area contributed by atoms with E-state index < -0.39 is 0 Å². The molecule has 0 spiro atoms. The van der Waals surface area contributed by atoms with Crippen LogP contribution in [0.5, 0.6) is 0 Å². The van der Waals surface area contributed by atoms with Gasteiger partial charge in [0.2, 0.25) is 0 Å². The Morgan fingerprint density at radius 2 is 2.00 bits per heavy atom. The highest BCUT2D eigenvalue weighted by Crippen LogP contribution is 2.36. The molecule has 1 saturated heterocycles. The van der Waals surface area contributed by atoms with Crippen LogP contribution in [0, 0.1) is 5.92 Å². The average Bonchev–Trinajstić information content (AvgIpc) is 2.40. The fourth-order valence-electron chi connectivity index (χ4n) is 3.27. The van der Waals surface area contributed by atoms with E-state index in [1.165, 1.54) is 24.9 Å². The van der Waals surface area contributed by atoms with Crippen LogP contribution < -0.4 is 5.32 Å². The quantitative estimate of drug-likeness (QED) is 0.878. The Bertz CT molecular complexity index is 345. The Morgan fingerprint density at radius 1 is 1.28 bits per heavy atom. The molecule has 2 nitrogen and oxygen atoms in total. The van der Waals surface area contributed by atoms with Crippen molar-refractivity contribution in [2.24, 2.45) is 5.92 Å². The lowest BCUT2D eigenvalue weighted by Crippen LogP contribution is -2.45. The summed E-state index contributed by atoms with van der Waals surface area (Å²) in [5.41, 5.74) is 1.48. The zero-order valence-electron chi connectivity index (χ0n) is 11.9. The molecule has 0 radical (unpaired) electrons. The summed E-state index contributed by atoms with van der Waals surface area (Å²) in [6.45, 7) is 6.98. The molecular weight excluding hydrogens is 220 g/mol. The summed E-state index contributed by atoms with van der Waals surface area (Å²) in [4.78, 5) is 2.67. The van der Waals surface area contributed by atoms with Crippen LogP contribution >= 0.6 is 0 Å². The van der Waals surface area contributed by atoms with Gasteiger partial charge in [-0.3, -0.25) is 4.90 Å². The topological polar surface area (TPSA) is 15.3 Å². The molecule has 2 heteroatoms. The van der Waals surface area contributed by atoms with Gasteiger partial charge in [0.15, 0.2) is 0 Å². The minimum absolute atomic E-state index is 0.576. The van der Waals surface area contributed by atoms with Gasteiger partial charge in [-0.15, -0.1) is 0 Å². The van der Waals surface area contributed by atoms with Gasteiger partial charge in [0, 0.05) is 12.1 Å². The Morgan fingerprint density at radius 3 is 2.61 bits per heavy atom. The van der Waals surface area contributed by atoms with Gasteiger partial charge in [0.05, 0.1) is 0 Å². The maximum Gasteiger partial charge on any atom is 0.0391 e. The Balaban J connectivity index is 2.26. The first-order chi connectivity index (χ1) is 8.74. The van der Waals surface area contributed by atoms with Crippen LogP contribution in [0.25, 0.3) is 0 Å². The lowest BCUT2D eigenvalue weighted by Gasteiger charge is -2.44. The highest BCUT2D eigenvalue weighted by molar-refractivity contribution is 5.21. The third kappa shape index (κ3) is 2.93. The molecule has 1 aromatic rings. The fraction of sp³-hybridized carbons (Fsp3) is 0.625. The molecule has 1 aromatic carbocycles. The minimum atomic E-state index is 0.576.